The Morgan fingerprint density at radius 3 is 2.19 bits per heavy atom. The van der Waals surface area contributed by atoms with E-state index in [-0.39, 0.29) is 32.0 Å². The van der Waals surface area contributed by atoms with Gasteiger partial charge in [0, 0.05) is 26.1 Å². The van der Waals surface area contributed by atoms with Gasteiger partial charge >= 0.3 is 12.1 Å². The summed E-state index contributed by atoms with van der Waals surface area (Å²) in [7, 11) is 1.48. The number of amides is 2. The molecule has 3 rings (SSSR count). The third kappa shape index (κ3) is 5.45. The molecule has 170 valence electrons. The zero-order valence-electron chi connectivity index (χ0n) is 18.2. The van der Waals surface area contributed by atoms with Gasteiger partial charge in [-0.2, -0.15) is 0 Å². The summed E-state index contributed by atoms with van der Waals surface area (Å²) in [5.41, 5.74) is 4.47. The molecule has 0 saturated carbocycles. The highest BCUT2D eigenvalue weighted by Crippen LogP contribution is 2.44. The van der Waals surface area contributed by atoms with E-state index in [1.165, 1.54) is 18.9 Å². The number of nitrogens with one attached hydrogen (secondary N) is 1. The molecule has 2 atom stereocenters. The Balaban J connectivity index is 1.47. The van der Waals surface area contributed by atoms with Gasteiger partial charge in [0.15, 0.2) is 0 Å². The Kier molecular flexibility index (Phi) is 7.48. The molecular formula is C24H28N2O6. The largest absolute Gasteiger partial charge is 0.481 e. The van der Waals surface area contributed by atoms with Gasteiger partial charge in [-0.05, 0) is 22.3 Å². The second-order valence-corrected chi connectivity index (χ2v) is 8.08. The van der Waals surface area contributed by atoms with Gasteiger partial charge in [-0.3, -0.25) is 9.59 Å². The van der Waals surface area contributed by atoms with Gasteiger partial charge in [-0.25, -0.2) is 4.79 Å². The maximum Gasteiger partial charge on any atom is 0.407 e. The second kappa shape index (κ2) is 10.3. The smallest absolute Gasteiger partial charge is 0.407 e. The first-order chi connectivity index (χ1) is 15.3. The number of carboxylic acids is 1. The third-order valence-corrected chi connectivity index (χ3v) is 5.63. The molecule has 2 amide bonds. The minimum absolute atomic E-state index is 0.0424. The van der Waals surface area contributed by atoms with E-state index in [1.54, 1.807) is 0 Å². The van der Waals surface area contributed by atoms with E-state index in [2.05, 4.69) is 17.4 Å². The molecular weight excluding hydrogens is 412 g/mol. The van der Waals surface area contributed by atoms with Gasteiger partial charge in [0.05, 0.1) is 18.4 Å². The average molecular weight is 440 g/mol. The van der Waals surface area contributed by atoms with Crippen LogP contribution in [0.4, 0.5) is 4.79 Å². The van der Waals surface area contributed by atoms with Crippen LogP contribution in [0, 0.1) is 5.92 Å². The molecule has 0 saturated heterocycles. The van der Waals surface area contributed by atoms with Crippen LogP contribution >= 0.6 is 0 Å². The number of fused-ring (bicyclic) bond motifs is 3. The molecule has 0 heterocycles. The van der Waals surface area contributed by atoms with Gasteiger partial charge in [-0.1, -0.05) is 55.5 Å². The highest BCUT2D eigenvalue weighted by molar-refractivity contribution is 5.79. The Morgan fingerprint density at radius 2 is 1.62 bits per heavy atom. The zero-order chi connectivity index (χ0) is 23.3. The van der Waals surface area contributed by atoms with Gasteiger partial charge < -0.3 is 25.2 Å². The van der Waals surface area contributed by atoms with Crippen molar-refractivity contribution < 1.29 is 29.3 Å². The highest BCUT2D eigenvalue weighted by atomic mass is 16.5. The van der Waals surface area contributed by atoms with Crippen LogP contribution in [0.2, 0.25) is 0 Å². The van der Waals surface area contributed by atoms with Crippen LogP contribution in [-0.2, 0) is 14.3 Å². The second-order valence-electron chi connectivity index (χ2n) is 8.08. The first-order valence-corrected chi connectivity index (χ1v) is 10.5. The predicted molar refractivity (Wildman–Crippen MR) is 118 cm³/mol. The Labute approximate surface area is 186 Å². The lowest BCUT2D eigenvalue weighted by molar-refractivity contribution is -0.142. The van der Waals surface area contributed by atoms with Crippen molar-refractivity contribution in [2.24, 2.45) is 5.92 Å². The number of hydrogen-bond donors (Lipinski definition) is 3. The fourth-order valence-electron chi connectivity index (χ4n) is 3.87. The summed E-state index contributed by atoms with van der Waals surface area (Å²) in [6, 6.07) is 16.0. The summed E-state index contributed by atoms with van der Waals surface area (Å²) in [5.74, 6) is -2.17. The Hall–Kier alpha value is -3.39. The standard InChI is InChI=1S/C24H28N2O6/c1-15(23(29)30)13-26(2)22(28)11-16(27)12-25-24(31)32-14-21-19-9-5-3-7-17(19)18-8-4-6-10-20(18)21/h3-10,15-16,21,27H,11-14H2,1-2H3,(H,25,31)(H,29,30). The van der Waals surface area contributed by atoms with Gasteiger partial charge in [0.1, 0.15) is 6.61 Å². The number of carboxylic acid groups (broad SMARTS) is 1. The van der Waals surface area contributed by atoms with E-state index in [9.17, 15) is 19.5 Å². The first kappa shape index (κ1) is 23.3. The number of rotatable bonds is 9. The molecule has 3 N–H and O–H groups in total. The van der Waals surface area contributed by atoms with Crippen LogP contribution < -0.4 is 5.32 Å². The summed E-state index contributed by atoms with van der Waals surface area (Å²) < 4.78 is 5.40. The van der Waals surface area contributed by atoms with Crippen molar-refractivity contribution >= 4 is 18.0 Å². The zero-order valence-corrected chi connectivity index (χ0v) is 18.2. The van der Waals surface area contributed by atoms with Crippen LogP contribution in [0.3, 0.4) is 0 Å². The fraction of sp³-hybridized carbons (Fsp3) is 0.375. The SMILES string of the molecule is CC(CN(C)C(=O)CC(O)CNC(=O)OCC1c2ccccc2-c2ccccc21)C(=O)O. The number of nitrogens with zero attached hydrogens (tertiary/aromatic N) is 1. The topological polar surface area (TPSA) is 116 Å². The van der Waals surface area contributed by atoms with Crippen LogP contribution in [0.5, 0.6) is 0 Å². The van der Waals surface area contributed by atoms with Gasteiger partial charge in [0.25, 0.3) is 0 Å². The van der Waals surface area contributed by atoms with Crippen LogP contribution in [0.15, 0.2) is 48.5 Å². The number of alkyl carbamates (subject to hydrolysis) is 1. The number of hydrogen-bond acceptors (Lipinski definition) is 5. The molecule has 2 unspecified atom stereocenters. The van der Waals surface area contributed by atoms with Crippen LogP contribution in [-0.4, -0.2) is 65.9 Å². The molecule has 2 aromatic carbocycles. The molecule has 8 heteroatoms. The molecule has 0 bridgehead atoms. The average Bonchev–Trinajstić information content (AvgIpc) is 3.09. The van der Waals surface area contributed by atoms with E-state index >= 15 is 0 Å². The van der Waals surface area contributed by atoms with E-state index in [4.69, 9.17) is 9.84 Å². The minimum atomic E-state index is -1.11. The first-order valence-electron chi connectivity index (χ1n) is 10.5. The molecule has 8 nitrogen and oxygen atoms in total. The van der Waals surface area contributed by atoms with E-state index < -0.39 is 30.0 Å². The van der Waals surface area contributed by atoms with Gasteiger partial charge in [0.2, 0.25) is 5.91 Å². The number of aliphatic hydroxyl groups is 1. The molecule has 0 radical (unpaired) electrons. The molecule has 1 aliphatic rings. The number of carbonyl (C=O) groups is 3. The lowest BCUT2D eigenvalue weighted by Crippen LogP contribution is -2.39. The minimum Gasteiger partial charge on any atom is -0.481 e. The summed E-state index contributed by atoms with van der Waals surface area (Å²) in [4.78, 5) is 36.4. The molecule has 1 aliphatic carbocycles. The quantitative estimate of drug-likeness (QED) is 0.552. The number of ether oxygens (including phenoxy) is 1. The summed E-state index contributed by atoms with van der Waals surface area (Å²) >= 11 is 0. The monoisotopic (exact) mass is 440 g/mol. The van der Waals surface area contributed by atoms with E-state index in [1.807, 2.05) is 36.4 Å². The van der Waals surface area contributed by atoms with Crippen molar-refractivity contribution in [1.82, 2.24) is 10.2 Å². The lowest BCUT2D eigenvalue weighted by atomic mass is 9.98. The van der Waals surface area contributed by atoms with E-state index in [0.29, 0.717) is 0 Å². The normalized spacial score (nSPS) is 14.1. The molecule has 0 aromatic heterocycles. The van der Waals surface area contributed by atoms with Crippen LogP contribution in [0.1, 0.15) is 30.4 Å². The number of aliphatic hydroxyl groups excluding tert-OH is 1. The molecule has 32 heavy (non-hydrogen) atoms. The van der Waals surface area contributed by atoms with Crippen molar-refractivity contribution in [3.05, 3.63) is 59.7 Å². The van der Waals surface area contributed by atoms with Crippen molar-refractivity contribution in [3.63, 3.8) is 0 Å². The molecule has 2 aromatic rings. The Morgan fingerprint density at radius 1 is 1.06 bits per heavy atom. The summed E-state index contributed by atoms with van der Waals surface area (Å²) in [6.07, 6.45) is -2.01. The van der Waals surface area contributed by atoms with Crippen molar-refractivity contribution in [2.45, 2.75) is 25.4 Å². The van der Waals surface area contributed by atoms with Crippen molar-refractivity contribution in [1.29, 1.82) is 0 Å². The number of carbonyl (C=O) groups excluding carboxylic acids is 2. The summed E-state index contributed by atoms with van der Waals surface area (Å²) in [5, 5.41) is 21.5. The number of aliphatic carboxylic acids is 1. The van der Waals surface area contributed by atoms with Gasteiger partial charge in [-0.15, -0.1) is 0 Å². The van der Waals surface area contributed by atoms with Crippen LogP contribution in [0.25, 0.3) is 11.1 Å². The molecule has 0 spiro atoms. The third-order valence-electron chi connectivity index (χ3n) is 5.63. The van der Waals surface area contributed by atoms with Crippen molar-refractivity contribution in [2.75, 3.05) is 26.7 Å². The fourth-order valence-corrected chi connectivity index (χ4v) is 3.87. The number of benzene rings is 2. The van der Waals surface area contributed by atoms with Crippen molar-refractivity contribution in [3.8, 4) is 11.1 Å². The Bertz CT molecular complexity index is 946. The maximum atomic E-state index is 12.2. The maximum absolute atomic E-state index is 12.2. The predicted octanol–water partition coefficient (Wildman–Crippen LogP) is 2.46. The molecule has 0 fully saturated rings. The highest BCUT2D eigenvalue weighted by Gasteiger charge is 2.29. The lowest BCUT2D eigenvalue weighted by Gasteiger charge is -2.21. The van der Waals surface area contributed by atoms with E-state index in [0.717, 1.165) is 22.3 Å². The molecule has 0 aliphatic heterocycles. The summed E-state index contributed by atoms with van der Waals surface area (Å²) in [6.45, 7) is 1.55.